The van der Waals surface area contributed by atoms with Crippen molar-refractivity contribution in [1.29, 1.82) is 0 Å². The van der Waals surface area contributed by atoms with Crippen LogP contribution in [-0.4, -0.2) is 19.9 Å². The van der Waals surface area contributed by atoms with E-state index in [4.69, 9.17) is 0 Å². The minimum absolute atomic E-state index is 0.179. The van der Waals surface area contributed by atoms with Gasteiger partial charge in [0.2, 0.25) is 0 Å². The molecule has 1 aromatic carbocycles. The van der Waals surface area contributed by atoms with Gasteiger partial charge in [0.15, 0.2) is 16.3 Å². The quantitative estimate of drug-likeness (QED) is 0.717. The molecule has 0 spiro atoms. The maximum Gasteiger partial charge on any atom is 0.276 e. The Balaban J connectivity index is 1.86. The number of nitrogens with zero attached hydrogens (tertiary/aromatic N) is 2. The molecular formula is C13H12N4OS. The van der Waals surface area contributed by atoms with Gasteiger partial charge >= 0.3 is 0 Å². The molecule has 0 radical (unpaired) electrons. The van der Waals surface area contributed by atoms with Crippen molar-refractivity contribution in [2.45, 2.75) is 17.8 Å². The van der Waals surface area contributed by atoms with E-state index < -0.39 is 0 Å². The first-order chi connectivity index (χ1) is 9.22. The molecule has 5 nitrogen and oxygen atoms in total. The normalized spacial score (nSPS) is 11.0. The molecule has 96 valence electrons. The summed E-state index contributed by atoms with van der Waals surface area (Å²) in [6.45, 7) is 1.74. The van der Waals surface area contributed by atoms with E-state index in [2.05, 4.69) is 32.1 Å². The molecule has 0 aliphatic heterocycles. The zero-order valence-electron chi connectivity index (χ0n) is 10.3. The van der Waals surface area contributed by atoms with E-state index in [9.17, 15) is 4.79 Å². The molecule has 19 heavy (non-hydrogen) atoms. The van der Waals surface area contributed by atoms with Crippen LogP contribution in [0.1, 0.15) is 11.4 Å². The maximum atomic E-state index is 11.7. The Bertz CT molecular complexity index is 763. The van der Waals surface area contributed by atoms with Gasteiger partial charge in [-0.15, -0.1) is 0 Å². The first kappa shape index (κ1) is 12.0. The molecule has 0 amide bonds. The van der Waals surface area contributed by atoms with Crippen molar-refractivity contribution in [3.05, 3.63) is 52.1 Å². The highest BCUT2D eigenvalue weighted by atomic mass is 32.2. The second-order valence-electron chi connectivity index (χ2n) is 4.17. The van der Waals surface area contributed by atoms with Crippen LogP contribution < -0.4 is 5.56 Å². The average molecular weight is 272 g/mol. The van der Waals surface area contributed by atoms with Gasteiger partial charge in [0.1, 0.15) is 5.82 Å². The van der Waals surface area contributed by atoms with Gasteiger partial charge in [-0.3, -0.25) is 4.79 Å². The number of hydrogen-bond acceptors (Lipinski definition) is 4. The second kappa shape index (κ2) is 4.89. The monoisotopic (exact) mass is 272 g/mol. The molecule has 0 atom stereocenters. The van der Waals surface area contributed by atoms with Crippen LogP contribution in [0, 0.1) is 6.92 Å². The minimum atomic E-state index is -0.179. The smallest absolute Gasteiger partial charge is 0.276 e. The van der Waals surface area contributed by atoms with Gasteiger partial charge in [-0.2, -0.15) is 0 Å². The molecule has 2 N–H and O–H groups in total. The Hall–Kier alpha value is -2.08. The molecule has 0 saturated heterocycles. The van der Waals surface area contributed by atoms with E-state index >= 15 is 0 Å². The molecule has 0 saturated carbocycles. The molecule has 0 bridgehead atoms. The van der Waals surface area contributed by atoms with E-state index in [1.165, 1.54) is 5.56 Å². The van der Waals surface area contributed by atoms with Crippen molar-refractivity contribution < 1.29 is 0 Å². The summed E-state index contributed by atoms with van der Waals surface area (Å²) in [5.41, 5.74) is 1.94. The number of benzene rings is 1. The fourth-order valence-electron chi connectivity index (χ4n) is 1.79. The molecule has 3 rings (SSSR count). The van der Waals surface area contributed by atoms with Crippen molar-refractivity contribution in [3.8, 4) is 0 Å². The summed E-state index contributed by atoms with van der Waals surface area (Å²) in [4.78, 5) is 25.9. The van der Waals surface area contributed by atoms with E-state index in [1.54, 1.807) is 18.7 Å². The van der Waals surface area contributed by atoms with Gasteiger partial charge in [0, 0.05) is 5.75 Å². The van der Waals surface area contributed by atoms with Crippen molar-refractivity contribution in [3.63, 3.8) is 0 Å². The second-order valence-corrected chi connectivity index (χ2v) is 5.13. The van der Waals surface area contributed by atoms with Crippen LogP contribution in [0.25, 0.3) is 11.2 Å². The van der Waals surface area contributed by atoms with Gasteiger partial charge in [-0.05, 0) is 12.5 Å². The third-order valence-corrected chi connectivity index (χ3v) is 3.62. The number of H-pyrrole nitrogens is 2. The number of fused-ring (bicyclic) bond motifs is 1. The van der Waals surface area contributed by atoms with Crippen molar-refractivity contribution in [2.75, 3.05) is 0 Å². The third kappa shape index (κ3) is 2.53. The Labute approximate surface area is 113 Å². The Morgan fingerprint density at radius 1 is 1.16 bits per heavy atom. The van der Waals surface area contributed by atoms with Crippen LogP contribution in [0.4, 0.5) is 0 Å². The Morgan fingerprint density at radius 3 is 2.74 bits per heavy atom. The SMILES string of the molecule is Cc1nc2nc(SCc3ccccc3)[nH]c2c(=O)[nH]1. The summed E-state index contributed by atoms with van der Waals surface area (Å²) in [7, 11) is 0. The number of aromatic nitrogens is 4. The number of hydrogen-bond donors (Lipinski definition) is 2. The van der Waals surface area contributed by atoms with Gasteiger partial charge in [-0.1, -0.05) is 42.1 Å². The maximum absolute atomic E-state index is 11.7. The number of imidazole rings is 1. The highest BCUT2D eigenvalue weighted by Crippen LogP contribution is 2.20. The van der Waals surface area contributed by atoms with E-state index in [-0.39, 0.29) is 5.56 Å². The van der Waals surface area contributed by atoms with E-state index in [1.807, 2.05) is 18.2 Å². The molecule has 0 aliphatic rings. The summed E-state index contributed by atoms with van der Waals surface area (Å²) in [5.74, 6) is 1.38. The number of rotatable bonds is 3. The van der Waals surface area contributed by atoms with Crippen LogP contribution in [0.15, 0.2) is 40.3 Å². The fraction of sp³-hybridized carbons (Fsp3) is 0.154. The number of aryl methyl sites for hydroxylation is 1. The molecule has 0 fully saturated rings. The van der Waals surface area contributed by atoms with Crippen molar-refractivity contribution in [1.82, 2.24) is 19.9 Å². The first-order valence-electron chi connectivity index (χ1n) is 5.86. The number of aromatic amines is 2. The molecule has 0 unspecified atom stereocenters. The zero-order chi connectivity index (χ0) is 13.2. The average Bonchev–Trinajstić information content (AvgIpc) is 2.81. The summed E-state index contributed by atoms with van der Waals surface area (Å²) >= 11 is 1.55. The lowest BCUT2D eigenvalue weighted by Gasteiger charge is -1.97. The first-order valence-corrected chi connectivity index (χ1v) is 6.84. The third-order valence-electron chi connectivity index (χ3n) is 2.68. The fourth-order valence-corrected chi connectivity index (χ4v) is 2.61. The molecule has 6 heteroatoms. The Morgan fingerprint density at radius 2 is 1.95 bits per heavy atom. The van der Waals surface area contributed by atoms with Crippen LogP contribution in [0.2, 0.25) is 0 Å². The van der Waals surface area contributed by atoms with E-state index in [0.29, 0.717) is 22.1 Å². The standard InChI is InChI=1S/C13H12N4OS/c1-8-14-11-10(12(18)15-8)16-13(17-11)19-7-9-5-3-2-4-6-9/h2-6H,7H2,1H3,(H2,14,15,16,17,18). The lowest BCUT2D eigenvalue weighted by atomic mass is 10.2. The predicted molar refractivity (Wildman–Crippen MR) is 75.2 cm³/mol. The Kier molecular flexibility index (Phi) is 3.08. The van der Waals surface area contributed by atoms with Gasteiger partial charge < -0.3 is 9.97 Å². The van der Waals surface area contributed by atoms with Crippen LogP contribution in [0.5, 0.6) is 0 Å². The largest absolute Gasteiger partial charge is 0.327 e. The minimum Gasteiger partial charge on any atom is -0.327 e. The lowest BCUT2D eigenvalue weighted by molar-refractivity contribution is 1.04. The number of thioether (sulfide) groups is 1. The summed E-state index contributed by atoms with van der Waals surface area (Å²) < 4.78 is 0. The van der Waals surface area contributed by atoms with Crippen LogP contribution >= 0.6 is 11.8 Å². The van der Waals surface area contributed by atoms with Crippen molar-refractivity contribution >= 4 is 22.9 Å². The molecule has 3 aromatic rings. The summed E-state index contributed by atoms with van der Waals surface area (Å²) in [6.07, 6.45) is 0. The molecular weight excluding hydrogens is 260 g/mol. The van der Waals surface area contributed by atoms with Crippen molar-refractivity contribution in [2.24, 2.45) is 0 Å². The number of nitrogens with one attached hydrogen (secondary N) is 2. The van der Waals surface area contributed by atoms with E-state index in [0.717, 1.165) is 5.75 Å². The molecule has 2 heterocycles. The molecule has 2 aromatic heterocycles. The van der Waals surface area contributed by atoms with Gasteiger partial charge in [0.05, 0.1) is 0 Å². The highest BCUT2D eigenvalue weighted by molar-refractivity contribution is 7.98. The summed E-state index contributed by atoms with van der Waals surface area (Å²) in [6, 6.07) is 10.1. The van der Waals surface area contributed by atoms with Crippen LogP contribution in [0.3, 0.4) is 0 Å². The highest BCUT2D eigenvalue weighted by Gasteiger charge is 2.08. The summed E-state index contributed by atoms with van der Waals surface area (Å²) in [5, 5.41) is 0.711. The van der Waals surface area contributed by atoms with Gasteiger partial charge in [0.25, 0.3) is 5.56 Å². The zero-order valence-corrected chi connectivity index (χ0v) is 11.1. The van der Waals surface area contributed by atoms with Crippen LogP contribution in [-0.2, 0) is 5.75 Å². The molecule has 0 aliphatic carbocycles. The lowest BCUT2D eigenvalue weighted by Crippen LogP contribution is -2.09. The van der Waals surface area contributed by atoms with Gasteiger partial charge in [-0.25, -0.2) is 9.97 Å². The predicted octanol–water partition coefficient (Wildman–Crippen LogP) is 2.25. The topological polar surface area (TPSA) is 74.4 Å².